The van der Waals surface area contributed by atoms with Crippen molar-refractivity contribution in [3.8, 4) is 33.5 Å². The maximum Gasteiger partial charge on any atom is 0.0792 e. The van der Waals surface area contributed by atoms with Gasteiger partial charge in [-0.2, -0.15) is 0 Å². The van der Waals surface area contributed by atoms with Crippen LogP contribution in [0.2, 0.25) is 0 Å². The Kier molecular flexibility index (Phi) is 2.90. The van der Waals surface area contributed by atoms with Gasteiger partial charge in [0.1, 0.15) is 0 Å². The lowest BCUT2D eigenvalue weighted by molar-refractivity contribution is 1.35. The fraction of sp³-hybridized carbons (Fsp3) is 0.125. The number of hydrogen-bond acceptors (Lipinski definition) is 1. The van der Waals surface area contributed by atoms with E-state index in [4.69, 9.17) is 4.98 Å². The van der Waals surface area contributed by atoms with Crippen molar-refractivity contribution < 1.29 is 0 Å². The van der Waals surface area contributed by atoms with Crippen molar-refractivity contribution in [3.63, 3.8) is 0 Å². The van der Waals surface area contributed by atoms with Gasteiger partial charge in [0.15, 0.2) is 0 Å². The van der Waals surface area contributed by atoms with Gasteiger partial charge < -0.3 is 0 Å². The van der Waals surface area contributed by atoms with Crippen LogP contribution in [0.5, 0.6) is 0 Å². The van der Waals surface area contributed by atoms with Crippen LogP contribution in [0, 0.1) is 20.8 Å². The summed E-state index contributed by atoms with van der Waals surface area (Å²) >= 11 is 0. The first-order valence-corrected chi connectivity index (χ1v) is 8.73. The smallest absolute Gasteiger partial charge is 0.0792 e. The number of fused-ring (bicyclic) bond motifs is 5. The van der Waals surface area contributed by atoms with E-state index >= 15 is 0 Å². The van der Waals surface area contributed by atoms with E-state index in [1.165, 1.54) is 55.3 Å². The van der Waals surface area contributed by atoms with Crippen molar-refractivity contribution in [1.82, 2.24) is 4.98 Å². The third-order valence-corrected chi connectivity index (χ3v) is 5.19. The minimum Gasteiger partial charge on any atom is -0.256 e. The van der Waals surface area contributed by atoms with Crippen LogP contribution in [0.15, 0.2) is 60.8 Å². The zero-order valence-electron chi connectivity index (χ0n) is 14.7. The van der Waals surface area contributed by atoms with Crippen molar-refractivity contribution in [3.05, 3.63) is 77.5 Å². The first kappa shape index (κ1) is 14.4. The van der Waals surface area contributed by atoms with E-state index in [0.717, 1.165) is 5.69 Å². The average molecular weight is 321 g/mol. The van der Waals surface area contributed by atoms with Crippen LogP contribution < -0.4 is 0 Å². The second kappa shape index (κ2) is 5.03. The molecule has 1 aliphatic rings. The molecule has 3 aromatic carbocycles. The van der Waals surface area contributed by atoms with Crippen molar-refractivity contribution in [1.29, 1.82) is 0 Å². The molecule has 0 radical (unpaired) electrons. The number of benzene rings is 3. The fourth-order valence-electron chi connectivity index (χ4n) is 4.09. The summed E-state index contributed by atoms with van der Waals surface area (Å²) in [5.41, 5.74) is 11.4. The van der Waals surface area contributed by atoms with Gasteiger partial charge in [0.05, 0.1) is 5.69 Å². The van der Waals surface area contributed by atoms with E-state index in [2.05, 4.69) is 75.4 Å². The minimum atomic E-state index is 1.09. The molecule has 1 heterocycles. The molecule has 0 bridgehead atoms. The van der Waals surface area contributed by atoms with Gasteiger partial charge in [-0.25, -0.2) is 0 Å². The third kappa shape index (κ3) is 2.05. The van der Waals surface area contributed by atoms with Gasteiger partial charge in [-0.3, -0.25) is 4.98 Å². The summed E-state index contributed by atoms with van der Waals surface area (Å²) < 4.78 is 0. The lowest BCUT2D eigenvalue weighted by atomic mass is 9.91. The molecule has 0 spiro atoms. The number of hydrogen-bond donors (Lipinski definition) is 0. The summed E-state index contributed by atoms with van der Waals surface area (Å²) in [6.07, 6.45) is 1.94. The molecule has 5 rings (SSSR count). The lowest BCUT2D eigenvalue weighted by Gasteiger charge is -2.12. The molecule has 0 saturated carbocycles. The first-order valence-electron chi connectivity index (χ1n) is 8.73. The number of nitrogens with zero attached hydrogens (tertiary/aromatic N) is 1. The molecule has 0 amide bonds. The molecular weight excluding hydrogens is 302 g/mol. The Balaban J connectivity index is 2.07. The van der Waals surface area contributed by atoms with Gasteiger partial charge in [0, 0.05) is 17.1 Å². The van der Waals surface area contributed by atoms with Gasteiger partial charge in [0.25, 0.3) is 0 Å². The van der Waals surface area contributed by atoms with E-state index in [9.17, 15) is 0 Å². The van der Waals surface area contributed by atoms with Gasteiger partial charge >= 0.3 is 0 Å². The van der Waals surface area contributed by atoms with Crippen LogP contribution in [0.25, 0.3) is 44.3 Å². The highest BCUT2D eigenvalue weighted by Crippen LogP contribution is 2.47. The Morgan fingerprint density at radius 3 is 1.96 bits per heavy atom. The Hall–Kier alpha value is -2.93. The molecule has 0 unspecified atom stereocenters. The molecule has 1 heteroatoms. The molecule has 1 nitrogen and oxygen atoms in total. The van der Waals surface area contributed by atoms with Crippen molar-refractivity contribution in [2.75, 3.05) is 0 Å². The van der Waals surface area contributed by atoms with Gasteiger partial charge in [-0.1, -0.05) is 59.7 Å². The Morgan fingerprint density at radius 1 is 0.560 bits per heavy atom. The van der Waals surface area contributed by atoms with Crippen molar-refractivity contribution in [2.45, 2.75) is 20.8 Å². The minimum absolute atomic E-state index is 1.09. The molecular formula is C24H19N. The SMILES string of the molecule is Cc1ccc2c(c1)-c1cc(C)ccc1-c1nccc3cc(C)cc-2c13. The normalized spacial score (nSPS) is 11.8. The van der Waals surface area contributed by atoms with Crippen LogP contribution in [0.3, 0.4) is 0 Å². The van der Waals surface area contributed by atoms with E-state index < -0.39 is 0 Å². The number of rotatable bonds is 0. The zero-order valence-corrected chi connectivity index (χ0v) is 14.7. The van der Waals surface area contributed by atoms with Crippen molar-refractivity contribution in [2.24, 2.45) is 0 Å². The highest BCUT2D eigenvalue weighted by atomic mass is 14.7. The van der Waals surface area contributed by atoms with Crippen LogP contribution in [-0.2, 0) is 0 Å². The summed E-state index contributed by atoms with van der Waals surface area (Å²) in [6.45, 7) is 6.50. The maximum atomic E-state index is 4.80. The van der Waals surface area contributed by atoms with Crippen LogP contribution in [-0.4, -0.2) is 4.98 Å². The third-order valence-electron chi connectivity index (χ3n) is 5.19. The lowest BCUT2D eigenvalue weighted by Crippen LogP contribution is -1.89. The van der Waals surface area contributed by atoms with Gasteiger partial charge in [-0.15, -0.1) is 0 Å². The van der Waals surface area contributed by atoms with E-state index in [1.54, 1.807) is 0 Å². The highest BCUT2D eigenvalue weighted by molar-refractivity contribution is 6.12. The molecule has 1 aromatic heterocycles. The zero-order chi connectivity index (χ0) is 17.1. The average Bonchev–Trinajstić information content (AvgIpc) is 2.70. The fourth-order valence-corrected chi connectivity index (χ4v) is 4.09. The second-order valence-corrected chi connectivity index (χ2v) is 7.17. The molecule has 0 aliphatic heterocycles. The summed E-state index contributed by atoms with van der Waals surface area (Å²) in [6, 6.07) is 20.2. The van der Waals surface area contributed by atoms with E-state index in [1.807, 2.05) is 6.20 Å². The van der Waals surface area contributed by atoms with Crippen LogP contribution >= 0.6 is 0 Å². The second-order valence-electron chi connectivity index (χ2n) is 7.17. The van der Waals surface area contributed by atoms with Crippen LogP contribution in [0.1, 0.15) is 16.7 Å². The van der Waals surface area contributed by atoms with E-state index in [-0.39, 0.29) is 0 Å². The maximum absolute atomic E-state index is 4.80. The molecule has 0 N–H and O–H groups in total. The van der Waals surface area contributed by atoms with Crippen molar-refractivity contribution >= 4 is 10.8 Å². The Bertz CT molecular complexity index is 1170. The molecule has 0 fully saturated rings. The monoisotopic (exact) mass is 321 g/mol. The predicted molar refractivity (Wildman–Crippen MR) is 106 cm³/mol. The standard InChI is InChI=1S/C24H19N/c1-14-4-6-18-20(11-14)21-12-15(2)5-7-19(21)24-23-17(8-9-25-24)10-16(3)13-22(18)23/h4-13H,1-3H3. The molecule has 0 saturated heterocycles. The van der Waals surface area contributed by atoms with Gasteiger partial charge in [-0.05, 0) is 60.0 Å². The Morgan fingerprint density at radius 2 is 1.20 bits per heavy atom. The topological polar surface area (TPSA) is 12.9 Å². The number of aromatic nitrogens is 1. The molecule has 1 aliphatic carbocycles. The number of pyridine rings is 1. The largest absolute Gasteiger partial charge is 0.256 e. The number of aryl methyl sites for hydroxylation is 3. The quantitative estimate of drug-likeness (QED) is 0.318. The first-order chi connectivity index (χ1) is 12.1. The summed E-state index contributed by atoms with van der Waals surface area (Å²) in [5.74, 6) is 0. The Labute approximate surface area is 148 Å². The molecule has 25 heavy (non-hydrogen) atoms. The van der Waals surface area contributed by atoms with E-state index in [0.29, 0.717) is 0 Å². The molecule has 120 valence electrons. The predicted octanol–water partition coefficient (Wildman–Crippen LogP) is 6.47. The molecule has 0 atom stereocenters. The highest BCUT2D eigenvalue weighted by Gasteiger charge is 2.22. The van der Waals surface area contributed by atoms with Crippen LogP contribution in [0.4, 0.5) is 0 Å². The summed E-state index contributed by atoms with van der Waals surface area (Å²) in [7, 11) is 0. The molecule has 4 aromatic rings. The summed E-state index contributed by atoms with van der Waals surface area (Å²) in [4.78, 5) is 4.80. The summed E-state index contributed by atoms with van der Waals surface area (Å²) in [5, 5.41) is 2.53. The van der Waals surface area contributed by atoms with Gasteiger partial charge in [0.2, 0.25) is 0 Å².